The van der Waals surface area contributed by atoms with Crippen molar-refractivity contribution in [3.8, 4) is 5.69 Å². The fourth-order valence-electron chi connectivity index (χ4n) is 3.81. The van der Waals surface area contributed by atoms with Crippen LogP contribution < -0.4 is 21.6 Å². The Morgan fingerprint density at radius 3 is 2.06 bits per heavy atom. The van der Waals surface area contributed by atoms with Gasteiger partial charge in [0.25, 0.3) is 11.4 Å². The zero-order valence-corrected chi connectivity index (χ0v) is 17.0. The monoisotopic (exact) mass is 487 g/mol. The minimum atomic E-state index is -6.08. The number of fused-ring (bicyclic) bond motifs is 1. The molecule has 0 spiro atoms. The Hall–Kier alpha value is -3.90. The van der Waals surface area contributed by atoms with Crippen molar-refractivity contribution in [2.75, 3.05) is 5.32 Å². The summed E-state index contributed by atoms with van der Waals surface area (Å²) in [5, 5.41) is 2.37. The number of aryl methyl sites for hydroxylation is 1. The highest BCUT2D eigenvalue weighted by atomic mass is 19.4. The molecule has 3 aromatic rings. The average Bonchev–Trinajstić information content (AvgIpc) is 2.73. The van der Waals surface area contributed by atoms with Gasteiger partial charge in [-0.3, -0.25) is 9.78 Å². The molecule has 6 nitrogen and oxygen atoms in total. The van der Waals surface area contributed by atoms with Crippen LogP contribution in [0.3, 0.4) is 0 Å². The van der Waals surface area contributed by atoms with E-state index in [4.69, 9.17) is 0 Å². The second kappa shape index (κ2) is 7.57. The van der Waals surface area contributed by atoms with Gasteiger partial charge in [-0.1, -0.05) is 18.2 Å². The number of hydrogen-bond acceptors (Lipinski definition) is 3. The normalized spacial score (nSPS) is 15.4. The number of hydrogen-bond donors (Lipinski definition) is 3. The standard InChI is InChI=1S/C21H13F7N4O2/c1-10-4-2-3-5-13(10)15-29-16-14(19(31-15,20(23,24)25)21(26,27)28)17(33)30-18(34)32(16)12-8-6-11(22)7-9-12/h2-9H,1H3,(H,29,31)(H,30,33,34)/p+1. The highest BCUT2D eigenvalue weighted by Crippen LogP contribution is 2.48. The van der Waals surface area contributed by atoms with E-state index in [2.05, 4.69) is 5.32 Å². The third-order valence-electron chi connectivity index (χ3n) is 5.39. The zero-order valence-electron chi connectivity index (χ0n) is 17.0. The quantitative estimate of drug-likeness (QED) is 0.486. The van der Waals surface area contributed by atoms with Crippen LogP contribution in [0.15, 0.2) is 58.1 Å². The number of aromatic nitrogens is 2. The molecular weight excluding hydrogens is 473 g/mol. The fourth-order valence-corrected chi connectivity index (χ4v) is 3.81. The first-order chi connectivity index (χ1) is 15.8. The van der Waals surface area contributed by atoms with Gasteiger partial charge in [-0.2, -0.15) is 26.3 Å². The van der Waals surface area contributed by atoms with E-state index in [1.54, 1.807) is 0 Å². The molecular formula is C21H14F7N4O2+. The Morgan fingerprint density at radius 2 is 1.50 bits per heavy atom. The second-order valence-electron chi connectivity index (χ2n) is 7.48. The van der Waals surface area contributed by atoms with E-state index in [0.717, 1.165) is 24.3 Å². The number of anilines is 1. The molecule has 178 valence electrons. The summed E-state index contributed by atoms with van der Waals surface area (Å²) >= 11 is 0. The van der Waals surface area contributed by atoms with Crippen molar-refractivity contribution < 1.29 is 35.7 Å². The molecule has 0 bridgehead atoms. The summed E-state index contributed by atoms with van der Waals surface area (Å²) in [4.78, 5) is 28.1. The van der Waals surface area contributed by atoms with Gasteiger partial charge in [0.2, 0.25) is 5.82 Å². The van der Waals surface area contributed by atoms with Crippen molar-refractivity contribution in [3.05, 3.63) is 91.9 Å². The van der Waals surface area contributed by atoms with Crippen LogP contribution in [0.5, 0.6) is 0 Å². The Kier molecular flexibility index (Phi) is 5.18. The van der Waals surface area contributed by atoms with E-state index >= 15 is 0 Å². The van der Waals surface area contributed by atoms with Gasteiger partial charge >= 0.3 is 23.6 Å². The van der Waals surface area contributed by atoms with E-state index < -0.39 is 52.2 Å². The molecule has 2 aromatic carbocycles. The van der Waals surface area contributed by atoms with Gasteiger partial charge in [-0.25, -0.2) is 24.1 Å². The lowest BCUT2D eigenvalue weighted by Crippen LogP contribution is -2.97. The zero-order chi connectivity index (χ0) is 25.1. The van der Waals surface area contributed by atoms with Gasteiger partial charge in [0.05, 0.1) is 11.3 Å². The van der Waals surface area contributed by atoms with Crippen molar-refractivity contribution in [2.45, 2.75) is 24.8 Å². The lowest BCUT2D eigenvalue weighted by atomic mass is 9.87. The van der Waals surface area contributed by atoms with Gasteiger partial charge < -0.3 is 0 Å². The van der Waals surface area contributed by atoms with Gasteiger partial charge in [0, 0.05) is 0 Å². The Bertz CT molecular complexity index is 1400. The molecule has 0 fully saturated rings. The Labute approximate surface area is 185 Å². The minimum Gasteiger partial charge on any atom is -0.273 e. The first kappa shape index (κ1) is 23.3. The maximum atomic E-state index is 14.3. The molecule has 0 saturated carbocycles. The molecule has 4 rings (SSSR count). The highest BCUT2D eigenvalue weighted by Gasteiger charge is 2.78. The number of aromatic amines is 1. The third-order valence-corrected chi connectivity index (χ3v) is 5.39. The summed E-state index contributed by atoms with van der Waals surface area (Å²) in [5.74, 6) is -2.56. The Balaban J connectivity index is 2.20. The van der Waals surface area contributed by atoms with Crippen LogP contribution >= 0.6 is 0 Å². The molecule has 0 atom stereocenters. The van der Waals surface area contributed by atoms with Crippen LogP contribution in [0.1, 0.15) is 16.7 Å². The van der Waals surface area contributed by atoms with Crippen LogP contribution in [0.2, 0.25) is 0 Å². The number of amidine groups is 1. The number of nitrogens with one attached hydrogen (secondary N) is 3. The molecule has 0 radical (unpaired) electrons. The molecule has 34 heavy (non-hydrogen) atoms. The summed E-state index contributed by atoms with van der Waals surface area (Å²) in [5.41, 5.74) is -9.95. The predicted molar refractivity (Wildman–Crippen MR) is 106 cm³/mol. The summed E-state index contributed by atoms with van der Waals surface area (Å²) in [6, 6.07) is 9.28. The van der Waals surface area contributed by atoms with E-state index in [0.29, 0.717) is 10.1 Å². The largest absolute Gasteiger partial charge is 0.446 e. The Morgan fingerprint density at radius 1 is 0.912 bits per heavy atom. The molecule has 0 unspecified atom stereocenters. The summed E-state index contributed by atoms with van der Waals surface area (Å²) in [6.07, 6.45) is -12.2. The average molecular weight is 487 g/mol. The topological polar surface area (TPSA) is 80.9 Å². The minimum absolute atomic E-state index is 0.0654. The van der Waals surface area contributed by atoms with E-state index in [-0.39, 0.29) is 11.3 Å². The van der Waals surface area contributed by atoms with Crippen LogP contribution in [0.25, 0.3) is 5.69 Å². The first-order valence-corrected chi connectivity index (χ1v) is 9.55. The van der Waals surface area contributed by atoms with Gasteiger partial charge in [-0.05, 0) is 42.8 Å². The van der Waals surface area contributed by atoms with Crippen LogP contribution in [0, 0.1) is 12.7 Å². The number of rotatable bonds is 2. The molecule has 1 aromatic heterocycles. The van der Waals surface area contributed by atoms with Gasteiger partial charge in [0.15, 0.2) is 0 Å². The van der Waals surface area contributed by atoms with Crippen molar-refractivity contribution in [1.82, 2.24) is 9.55 Å². The molecule has 0 saturated heterocycles. The highest BCUT2D eigenvalue weighted by molar-refractivity contribution is 6.06. The number of benzene rings is 2. The van der Waals surface area contributed by atoms with Crippen molar-refractivity contribution in [2.24, 2.45) is 0 Å². The van der Waals surface area contributed by atoms with Crippen LogP contribution in [-0.2, 0) is 5.54 Å². The molecule has 2 heterocycles. The van der Waals surface area contributed by atoms with Crippen LogP contribution in [-0.4, -0.2) is 27.7 Å². The molecule has 13 heteroatoms. The summed E-state index contributed by atoms with van der Waals surface area (Å²) in [6.45, 7) is 1.45. The first-order valence-electron chi connectivity index (χ1n) is 9.55. The molecule has 1 aliphatic heterocycles. The van der Waals surface area contributed by atoms with Crippen molar-refractivity contribution in [1.29, 1.82) is 0 Å². The number of halogens is 7. The second-order valence-corrected chi connectivity index (χ2v) is 7.48. The lowest BCUT2D eigenvalue weighted by molar-refractivity contribution is -0.658. The third kappa shape index (κ3) is 3.38. The molecule has 0 aliphatic carbocycles. The van der Waals surface area contributed by atoms with E-state index in [1.807, 2.05) is 0 Å². The SMILES string of the molecule is Cc1ccccc1C1=[NH+]C(C(F)(F)F)(C(F)(F)F)c2c(n(-c3ccc(F)cc3)c(=O)[nH]c2=O)N1. The summed E-state index contributed by atoms with van der Waals surface area (Å²) < 4.78 is 99.7. The van der Waals surface area contributed by atoms with Gasteiger partial charge in [-0.15, -0.1) is 0 Å². The summed E-state index contributed by atoms with van der Waals surface area (Å²) in [7, 11) is 0. The van der Waals surface area contributed by atoms with Crippen molar-refractivity contribution in [3.63, 3.8) is 0 Å². The molecule has 3 N–H and O–H groups in total. The maximum Gasteiger partial charge on any atom is 0.446 e. The maximum absolute atomic E-state index is 14.3. The number of alkyl halides is 6. The number of H-pyrrole nitrogens is 1. The molecule has 1 aliphatic rings. The fraction of sp³-hybridized carbons (Fsp3) is 0.190. The van der Waals surface area contributed by atoms with Crippen LogP contribution in [0.4, 0.5) is 36.6 Å². The predicted octanol–water partition coefficient (Wildman–Crippen LogP) is 2.25. The van der Waals surface area contributed by atoms with Crippen molar-refractivity contribution >= 4 is 11.7 Å². The number of nitrogens with zero attached hydrogens (tertiary/aromatic N) is 1. The lowest BCUT2D eigenvalue weighted by Gasteiger charge is -2.35. The van der Waals surface area contributed by atoms with E-state index in [1.165, 1.54) is 41.2 Å². The van der Waals surface area contributed by atoms with E-state index in [9.17, 15) is 40.3 Å². The van der Waals surface area contributed by atoms with Gasteiger partial charge in [0.1, 0.15) is 11.4 Å². The smallest absolute Gasteiger partial charge is 0.273 e. The molecule has 0 amide bonds.